The van der Waals surface area contributed by atoms with Crippen LogP contribution in [-0.4, -0.2) is 32.7 Å². The second kappa shape index (κ2) is 10.1. The lowest BCUT2D eigenvalue weighted by molar-refractivity contribution is -0.220. The lowest BCUT2D eigenvalue weighted by Gasteiger charge is -2.32. The van der Waals surface area contributed by atoms with Gasteiger partial charge in [0.05, 0.1) is 32.0 Å². The summed E-state index contributed by atoms with van der Waals surface area (Å²) >= 11 is 0. The van der Waals surface area contributed by atoms with Crippen LogP contribution in [0.25, 0.3) is 0 Å². The van der Waals surface area contributed by atoms with Crippen molar-refractivity contribution in [3.05, 3.63) is 35.4 Å². The standard InChI is InChI=1S/C21H29F3O4/c1-2-3-4-15-11-25-19(26-12-15)10-5-16-13-27-20(28-14-16)17-6-8-18(9-7-17)21(22,23)24/h6-9,15-16,19-20H,2-5,10-14H2,1H3. The van der Waals surface area contributed by atoms with Gasteiger partial charge in [0.15, 0.2) is 12.6 Å². The first-order valence-electron chi connectivity index (χ1n) is 10.1. The lowest BCUT2D eigenvalue weighted by Crippen LogP contribution is -2.33. The Morgan fingerprint density at radius 3 is 1.96 bits per heavy atom. The lowest BCUT2D eigenvalue weighted by atomic mass is 10.0. The van der Waals surface area contributed by atoms with Crippen molar-refractivity contribution in [2.45, 2.75) is 57.8 Å². The number of unbranched alkanes of at least 4 members (excludes halogenated alkanes) is 1. The fourth-order valence-electron chi connectivity index (χ4n) is 3.51. The molecule has 0 saturated carbocycles. The van der Waals surface area contributed by atoms with Crippen LogP contribution in [0, 0.1) is 11.8 Å². The van der Waals surface area contributed by atoms with Crippen molar-refractivity contribution in [3.63, 3.8) is 0 Å². The normalized spacial score (nSPS) is 29.0. The summed E-state index contributed by atoms with van der Waals surface area (Å²) in [6.07, 6.45) is 0.0993. The molecule has 0 radical (unpaired) electrons. The van der Waals surface area contributed by atoms with E-state index in [9.17, 15) is 13.2 Å². The molecule has 1 aromatic carbocycles. The van der Waals surface area contributed by atoms with Gasteiger partial charge in [0, 0.05) is 17.4 Å². The molecule has 2 saturated heterocycles. The van der Waals surface area contributed by atoms with E-state index in [4.69, 9.17) is 18.9 Å². The fourth-order valence-corrected chi connectivity index (χ4v) is 3.51. The van der Waals surface area contributed by atoms with E-state index in [1.807, 2.05) is 0 Å². The van der Waals surface area contributed by atoms with Gasteiger partial charge in [0.1, 0.15) is 0 Å². The van der Waals surface area contributed by atoms with Crippen LogP contribution in [0.1, 0.15) is 56.4 Å². The van der Waals surface area contributed by atoms with Crippen LogP contribution in [0.3, 0.4) is 0 Å². The highest BCUT2D eigenvalue weighted by molar-refractivity contribution is 5.25. The molecule has 4 nitrogen and oxygen atoms in total. The minimum atomic E-state index is -4.34. The van der Waals surface area contributed by atoms with Crippen molar-refractivity contribution in [3.8, 4) is 0 Å². The zero-order valence-corrected chi connectivity index (χ0v) is 16.2. The quantitative estimate of drug-likeness (QED) is 0.618. The Hall–Kier alpha value is -1.15. The average molecular weight is 402 g/mol. The van der Waals surface area contributed by atoms with E-state index in [0.29, 0.717) is 24.7 Å². The summed E-state index contributed by atoms with van der Waals surface area (Å²) in [4.78, 5) is 0. The van der Waals surface area contributed by atoms with Crippen molar-refractivity contribution >= 4 is 0 Å². The number of hydrogen-bond acceptors (Lipinski definition) is 4. The molecule has 7 heteroatoms. The third-order valence-electron chi connectivity index (χ3n) is 5.29. The maximum atomic E-state index is 12.6. The molecular weight excluding hydrogens is 373 g/mol. The Kier molecular flexibility index (Phi) is 7.74. The minimum absolute atomic E-state index is 0.162. The predicted octanol–water partition coefficient (Wildman–Crippen LogP) is 5.33. The van der Waals surface area contributed by atoms with Crippen LogP contribution >= 0.6 is 0 Å². The summed E-state index contributed by atoms with van der Waals surface area (Å²) in [5.74, 6) is 0.734. The highest BCUT2D eigenvalue weighted by atomic mass is 19.4. The molecule has 3 rings (SSSR count). The zero-order chi connectivity index (χ0) is 20.0. The van der Waals surface area contributed by atoms with Gasteiger partial charge >= 0.3 is 6.18 Å². The summed E-state index contributed by atoms with van der Waals surface area (Å²) in [6, 6.07) is 4.93. The van der Waals surface area contributed by atoms with Gasteiger partial charge in [-0.3, -0.25) is 0 Å². The Morgan fingerprint density at radius 1 is 0.821 bits per heavy atom. The third-order valence-corrected chi connectivity index (χ3v) is 5.29. The molecule has 0 spiro atoms. The number of rotatable bonds is 7. The van der Waals surface area contributed by atoms with Crippen LogP contribution in [0.2, 0.25) is 0 Å². The number of hydrogen-bond donors (Lipinski definition) is 0. The van der Waals surface area contributed by atoms with Crippen LogP contribution in [0.5, 0.6) is 0 Å². The van der Waals surface area contributed by atoms with Gasteiger partial charge in [-0.05, 0) is 31.4 Å². The van der Waals surface area contributed by atoms with Crippen LogP contribution in [0.4, 0.5) is 13.2 Å². The Morgan fingerprint density at radius 2 is 1.39 bits per heavy atom. The third kappa shape index (κ3) is 6.17. The molecule has 2 fully saturated rings. The van der Waals surface area contributed by atoms with E-state index in [-0.39, 0.29) is 12.2 Å². The van der Waals surface area contributed by atoms with Gasteiger partial charge < -0.3 is 18.9 Å². The fraction of sp³-hybridized carbons (Fsp3) is 0.714. The molecule has 0 N–H and O–H groups in total. The molecular formula is C21H29F3O4. The maximum Gasteiger partial charge on any atom is 0.416 e. The van der Waals surface area contributed by atoms with E-state index in [1.54, 1.807) is 0 Å². The number of benzene rings is 1. The highest BCUT2D eigenvalue weighted by Gasteiger charge is 2.31. The molecule has 0 aliphatic carbocycles. The Labute approximate surface area is 164 Å². The van der Waals surface area contributed by atoms with E-state index in [1.165, 1.54) is 25.0 Å². The molecule has 0 aromatic heterocycles. The summed E-state index contributed by atoms with van der Waals surface area (Å²) in [6.45, 7) is 4.73. The first kappa shape index (κ1) is 21.6. The molecule has 2 heterocycles. The summed E-state index contributed by atoms with van der Waals surface area (Å²) in [7, 11) is 0. The van der Waals surface area contributed by atoms with E-state index in [2.05, 4.69) is 6.92 Å². The smallest absolute Gasteiger partial charge is 0.352 e. The van der Waals surface area contributed by atoms with Gasteiger partial charge in [-0.15, -0.1) is 0 Å². The van der Waals surface area contributed by atoms with Gasteiger partial charge in [-0.1, -0.05) is 31.9 Å². The molecule has 0 amide bonds. The molecule has 28 heavy (non-hydrogen) atoms. The molecule has 0 bridgehead atoms. The molecule has 0 atom stereocenters. The average Bonchev–Trinajstić information content (AvgIpc) is 2.71. The first-order valence-corrected chi connectivity index (χ1v) is 10.1. The Bertz CT molecular complexity index is 574. The van der Waals surface area contributed by atoms with Gasteiger partial charge in [0.25, 0.3) is 0 Å². The van der Waals surface area contributed by atoms with Gasteiger partial charge in [-0.2, -0.15) is 13.2 Å². The van der Waals surface area contributed by atoms with E-state index in [0.717, 1.165) is 44.6 Å². The van der Waals surface area contributed by atoms with Gasteiger partial charge in [-0.25, -0.2) is 0 Å². The Balaban J connectivity index is 1.36. The van der Waals surface area contributed by atoms with Crippen LogP contribution in [-0.2, 0) is 25.1 Å². The molecule has 0 unspecified atom stereocenters. The zero-order valence-electron chi connectivity index (χ0n) is 16.2. The second-order valence-electron chi connectivity index (χ2n) is 7.67. The number of ether oxygens (including phenoxy) is 4. The number of halogens is 3. The highest BCUT2D eigenvalue weighted by Crippen LogP contribution is 2.32. The monoisotopic (exact) mass is 402 g/mol. The number of alkyl halides is 3. The van der Waals surface area contributed by atoms with Crippen molar-refractivity contribution < 1.29 is 32.1 Å². The van der Waals surface area contributed by atoms with Crippen molar-refractivity contribution in [1.29, 1.82) is 0 Å². The molecule has 158 valence electrons. The van der Waals surface area contributed by atoms with E-state index >= 15 is 0 Å². The van der Waals surface area contributed by atoms with Crippen molar-refractivity contribution in [2.75, 3.05) is 26.4 Å². The SMILES string of the molecule is CCCCC1COC(CCC2COC(c3ccc(C(F)(F)F)cc3)OC2)OC1. The van der Waals surface area contributed by atoms with E-state index < -0.39 is 18.0 Å². The van der Waals surface area contributed by atoms with Crippen molar-refractivity contribution in [2.24, 2.45) is 11.8 Å². The second-order valence-corrected chi connectivity index (χ2v) is 7.67. The summed E-state index contributed by atoms with van der Waals surface area (Å²) in [5.41, 5.74) is -0.0714. The van der Waals surface area contributed by atoms with Crippen molar-refractivity contribution in [1.82, 2.24) is 0 Å². The topological polar surface area (TPSA) is 36.9 Å². The van der Waals surface area contributed by atoms with Crippen LogP contribution in [0.15, 0.2) is 24.3 Å². The summed E-state index contributed by atoms with van der Waals surface area (Å²) < 4.78 is 61.0. The molecule has 2 aliphatic rings. The first-order chi connectivity index (χ1) is 13.5. The summed E-state index contributed by atoms with van der Waals surface area (Å²) in [5, 5.41) is 0. The van der Waals surface area contributed by atoms with Gasteiger partial charge in [0.2, 0.25) is 0 Å². The van der Waals surface area contributed by atoms with Crippen LogP contribution < -0.4 is 0 Å². The predicted molar refractivity (Wildman–Crippen MR) is 97.5 cm³/mol. The maximum absolute atomic E-state index is 12.6. The minimum Gasteiger partial charge on any atom is -0.352 e. The largest absolute Gasteiger partial charge is 0.416 e. The molecule has 2 aliphatic heterocycles. The molecule has 1 aromatic rings.